The first-order valence-electron chi connectivity index (χ1n) is 27.1. The molecule has 0 saturated carbocycles. The zero-order valence-corrected chi connectivity index (χ0v) is 42.5. The first-order valence-corrected chi connectivity index (χ1v) is 27.1. The van der Waals surface area contributed by atoms with Crippen LogP contribution in [-0.2, 0) is 28.6 Å². The van der Waals surface area contributed by atoms with Gasteiger partial charge in [-0.1, -0.05) is 221 Å². The average Bonchev–Trinajstić information content (AvgIpc) is 3.30. The van der Waals surface area contributed by atoms with Crippen molar-refractivity contribution in [1.82, 2.24) is 0 Å². The summed E-state index contributed by atoms with van der Waals surface area (Å²) in [7, 11) is 0. The Bertz CT molecular complexity index is 1270. The molecule has 0 aromatic rings. The van der Waals surface area contributed by atoms with Gasteiger partial charge in [-0.15, -0.1) is 0 Å². The molecule has 0 N–H and O–H groups in total. The van der Waals surface area contributed by atoms with Gasteiger partial charge >= 0.3 is 17.9 Å². The molecule has 0 saturated heterocycles. The minimum atomic E-state index is -0.779. The third-order valence-corrected chi connectivity index (χ3v) is 11.4. The van der Waals surface area contributed by atoms with Crippen molar-refractivity contribution in [2.24, 2.45) is 0 Å². The predicted molar refractivity (Wildman–Crippen MR) is 279 cm³/mol. The lowest BCUT2D eigenvalue weighted by atomic mass is 10.1. The minimum Gasteiger partial charge on any atom is -0.462 e. The fraction of sp³-hybridized carbons (Fsp3) is 0.712. The Morgan fingerprint density at radius 1 is 0.323 bits per heavy atom. The normalized spacial score (nSPS) is 12.7. The lowest BCUT2D eigenvalue weighted by molar-refractivity contribution is -0.167. The molecule has 0 radical (unpaired) electrons. The molecule has 0 aromatic heterocycles. The molecule has 0 rings (SSSR count). The van der Waals surface area contributed by atoms with E-state index < -0.39 is 6.10 Å². The Hall–Kier alpha value is -3.41. The molecule has 65 heavy (non-hydrogen) atoms. The lowest BCUT2D eigenvalue weighted by Crippen LogP contribution is -2.30. The van der Waals surface area contributed by atoms with E-state index in [4.69, 9.17) is 14.2 Å². The van der Waals surface area contributed by atoms with E-state index in [1.807, 2.05) is 0 Å². The van der Waals surface area contributed by atoms with Crippen molar-refractivity contribution in [1.29, 1.82) is 0 Å². The second-order valence-corrected chi connectivity index (χ2v) is 17.8. The van der Waals surface area contributed by atoms with Gasteiger partial charge in [-0.25, -0.2) is 0 Å². The summed E-state index contributed by atoms with van der Waals surface area (Å²) in [6.45, 7) is 6.41. The second kappa shape index (κ2) is 53.2. The van der Waals surface area contributed by atoms with Crippen molar-refractivity contribution in [3.05, 3.63) is 85.1 Å². The first kappa shape index (κ1) is 61.6. The second-order valence-electron chi connectivity index (χ2n) is 17.8. The van der Waals surface area contributed by atoms with Crippen LogP contribution in [0.15, 0.2) is 85.1 Å². The molecule has 0 aliphatic carbocycles. The Morgan fingerprint density at radius 3 is 0.969 bits per heavy atom. The number of hydrogen-bond acceptors (Lipinski definition) is 6. The number of hydrogen-bond donors (Lipinski definition) is 0. The molecule has 372 valence electrons. The number of allylic oxidation sites excluding steroid dienone is 14. The quantitative estimate of drug-likeness (QED) is 0.0262. The van der Waals surface area contributed by atoms with Crippen molar-refractivity contribution >= 4 is 17.9 Å². The van der Waals surface area contributed by atoms with Crippen LogP contribution < -0.4 is 0 Å². The van der Waals surface area contributed by atoms with Crippen molar-refractivity contribution in [3.63, 3.8) is 0 Å². The van der Waals surface area contributed by atoms with Crippen LogP contribution in [0.2, 0.25) is 0 Å². The van der Waals surface area contributed by atoms with Gasteiger partial charge in [0.2, 0.25) is 0 Å². The molecule has 0 fully saturated rings. The number of esters is 3. The van der Waals surface area contributed by atoms with E-state index in [0.717, 1.165) is 116 Å². The van der Waals surface area contributed by atoms with E-state index in [1.165, 1.54) is 96.3 Å². The number of unbranched alkanes of at least 4 members (excludes halogenated alkanes) is 23. The summed E-state index contributed by atoms with van der Waals surface area (Å²) >= 11 is 0. The maximum Gasteiger partial charge on any atom is 0.306 e. The van der Waals surface area contributed by atoms with Crippen LogP contribution in [-0.4, -0.2) is 37.2 Å². The molecule has 6 heteroatoms. The predicted octanol–water partition coefficient (Wildman–Crippen LogP) is 18.0. The van der Waals surface area contributed by atoms with Gasteiger partial charge in [0.25, 0.3) is 0 Å². The summed E-state index contributed by atoms with van der Waals surface area (Å²) in [6, 6.07) is 0. The van der Waals surface area contributed by atoms with E-state index in [-0.39, 0.29) is 31.1 Å². The van der Waals surface area contributed by atoms with Crippen molar-refractivity contribution < 1.29 is 28.6 Å². The van der Waals surface area contributed by atoms with Crippen molar-refractivity contribution in [2.75, 3.05) is 13.2 Å². The van der Waals surface area contributed by atoms with Gasteiger partial charge in [-0.3, -0.25) is 14.4 Å². The van der Waals surface area contributed by atoms with E-state index in [1.54, 1.807) is 0 Å². The Labute approximate surface area is 401 Å². The maximum absolute atomic E-state index is 12.7. The number of rotatable bonds is 48. The van der Waals surface area contributed by atoms with Gasteiger partial charge in [0.1, 0.15) is 13.2 Å². The fourth-order valence-corrected chi connectivity index (χ4v) is 7.32. The molecule has 1 unspecified atom stereocenters. The molecule has 0 aliphatic heterocycles. The summed E-state index contributed by atoms with van der Waals surface area (Å²) < 4.78 is 16.7. The van der Waals surface area contributed by atoms with Gasteiger partial charge in [-0.05, 0) is 96.3 Å². The van der Waals surface area contributed by atoms with Crippen LogP contribution >= 0.6 is 0 Å². The summed E-state index contributed by atoms with van der Waals surface area (Å²) in [4.78, 5) is 37.7. The molecule has 1 atom stereocenters. The Balaban J connectivity index is 4.14. The highest BCUT2D eigenvalue weighted by molar-refractivity contribution is 5.71. The third kappa shape index (κ3) is 51.4. The summed E-state index contributed by atoms with van der Waals surface area (Å²) in [5, 5.41) is 0. The van der Waals surface area contributed by atoms with Crippen LogP contribution in [0.1, 0.15) is 252 Å². The monoisotopic (exact) mass is 905 g/mol. The van der Waals surface area contributed by atoms with Crippen LogP contribution in [0.5, 0.6) is 0 Å². The van der Waals surface area contributed by atoms with E-state index in [9.17, 15) is 14.4 Å². The van der Waals surface area contributed by atoms with Crippen molar-refractivity contribution in [2.45, 2.75) is 258 Å². The number of carbonyl (C=O) groups excluding carboxylic acids is 3. The maximum atomic E-state index is 12.7. The lowest BCUT2D eigenvalue weighted by Gasteiger charge is -2.18. The molecule has 0 spiro atoms. The zero-order valence-electron chi connectivity index (χ0n) is 42.5. The Kier molecular flexibility index (Phi) is 50.4. The highest BCUT2D eigenvalue weighted by atomic mass is 16.6. The molecule has 0 aliphatic rings. The summed E-state index contributed by atoms with van der Waals surface area (Å²) in [6.07, 6.45) is 68.9. The van der Waals surface area contributed by atoms with E-state index in [2.05, 4.69) is 106 Å². The molecule has 0 heterocycles. The molecular formula is C59H100O6. The van der Waals surface area contributed by atoms with E-state index >= 15 is 0 Å². The minimum absolute atomic E-state index is 0.0822. The molecule has 6 nitrogen and oxygen atoms in total. The standard InChI is InChI=1S/C59H100O6/c1-4-7-10-13-15-17-19-21-23-25-26-27-28-29-30-31-32-34-35-37-39-41-43-46-49-52-58(61)64-55-56(54-63-57(60)51-48-45-12-9-6-3)65-59(62)53-50-47-44-42-40-38-36-33-24-22-20-18-16-14-11-8-5-2/h7,10,15-18,21-24,26-27,29-30,56H,4-6,8-9,11-14,19-20,25,28,31-55H2,1-3H3/b10-7-,17-15-,18-16-,23-21-,24-22-,27-26-,30-29-. The SMILES string of the molecule is CC/C=C\C/C=C\C/C=C\C/C=C\C/C=C\CCCCCCCCCCCC(=O)OCC(COC(=O)CCCCCCC)OC(=O)CCCCCCCCC/C=C\C/C=C\CCCCC. The third-order valence-electron chi connectivity index (χ3n) is 11.4. The van der Waals surface area contributed by atoms with Gasteiger partial charge < -0.3 is 14.2 Å². The average molecular weight is 905 g/mol. The number of carbonyl (C=O) groups is 3. The zero-order chi connectivity index (χ0) is 47.2. The summed E-state index contributed by atoms with van der Waals surface area (Å²) in [5.41, 5.74) is 0. The van der Waals surface area contributed by atoms with Gasteiger partial charge in [0.15, 0.2) is 6.10 Å². The van der Waals surface area contributed by atoms with Crippen LogP contribution in [0.25, 0.3) is 0 Å². The topological polar surface area (TPSA) is 78.9 Å². The summed E-state index contributed by atoms with van der Waals surface area (Å²) in [5.74, 6) is -0.909. The fourth-order valence-electron chi connectivity index (χ4n) is 7.32. The van der Waals surface area contributed by atoms with Crippen LogP contribution in [0.4, 0.5) is 0 Å². The van der Waals surface area contributed by atoms with Gasteiger partial charge in [-0.2, -0.15) is 0 Å². The van der Waals surface area contributed by atoms with Crippen molar-refractivity contribution in [3.8, 4) is 0 Å². The highest BCUT2D eigenvalue weighted by Gasteiger charge is 2.19. The molecular weight excluding hydrogens is 805 g/mol. The van der Waals surface area contributed by atoms with Gasteiger partial charge in [0.05, 0.1) is 0 Å². The van der Waals surface area contributed by atoms with Crippen LogP contribution in [0.3, 0.4) is 0 Å². The van der Waals surface area contributed by atoms with Gasteiger partial charge in [0, 0.05) is 19.3 Å². The Morgan fingerprint density at radius 2 is 0.600 bits per heavy atom. The first-order chi connectivity index (χ1) is 32.0. The van der Waals surface area contributed by atoms with E-state index in [0.29, 0.717) is 19.3 Å². The number of ether oxygens (including phenoxy) is 3. The largest absolute Gasteiger partial charge is 0.462 e. The highest BCUT2D eigenvalue weighted by Crippen LogP contribution is 2.14. The smallest absolute Gasteiger partial charge is 0.306 e. The van der Waals surface area contributed by atoms with Crippen LogP contribution in [0, 0.1) is 0 Å². The molecule has 0 bridgehead atoms. The molecule has 0 aromatic carbocycles. The molecule has 0 amide bonds.